The first-order valence-electron chi connectivity index (χ1n) is 9.09. The predicted octanol–water partition coefficient (Wildman–Crippen LogP) is 3.75. The first-order chi connectivity index (χ1) is 14.4. The van der Waals surface area contributed by atoms with Gasteiger partial charge in [-0.2, -0.15) is 4.98 Å². The van der Waals surface area contributed by atoms with Crippen LogP contribution in [-0.4, -0.2) is 48.8 Å². The summed E-state index contributed by atoms with van der Waals surface area (Å²) in [4.78, 5) is 18.2. The van der Waals surface area contributed by atoms with Gasteiger partial charge in [0.1, 0.15) is 5.75 Å². The van der Waals surface area contributed by atoms with Crippen molar-refractivity contribution in [3.8, 4) is 28.6 Å². The summed E-state index contributed by atoms with van der Waals surface area (Å²) in [5, 5.41) is 4.62. The number of carbonyl (C=O) groups excluding carboxylic acids is 1. The van der Waals surface area contributed by atoms with Crippen molar-refractivity contribution in [3.05, 3.63) is 52.9 Å². The summed E-state index contributed by atoms with van der Waals surface area (Å²) in [5.41, 5.74) is 1.58. The molecule has 1 amide bonds. The van der Waals surface area contributed by atoms with Gasteiger partial charge in [0.05, 0.1) is 20.8 Å². The van der Waals surface area contributed by atoms with Crippen molar-refractivity contribution in [1.82, 2.24) is 15.0 Å². The predicted molar refractivity (Wildman–Crippen MR) is 111 cm³/mol. The first-order valence-corrected chi connectivity index (χ1v) is 9.47. The number of benzene rings is 2. The van der Waals surface area contributed by atoms with Crippen molar-refractivity contribution in [1.29, 1.82) is 0 Å². The summed E-state index contributed by atoms with van der Waals surface area (Å²) in [6.45, 7) is 1.91. The molecule has 8 nitrogen and oxygen atoms in total. The number of ether oxygens (including phenoxy) is 3. The normalized spacial score (nSPS) is 10.6. The number of aromatic nitrogens is 2. The second-order valence-electron chi connectivity index (χ2n) is 6.53. The van der Waals surface area contributed by atoms with Crippen molar-refractivity contribution in [2.75, 3.05) is 27.9 Å². The van der Waals surface area contributed by atoms with E-state index < -0.39 is 0 Å². The van der Waals surface area contributed by atoms with Crippen LogP contribution in [0.3, 0.4) is 0 Å². The third kappa shape index (κ3) is 5.01. The fourth-order valence-electron chi connectivity index (χ4n) is 2.66. The zero-order valence-electron chi connectivity index (χ0n) is 17.1. The smallest absolute Gasteiger partial charge is 0.260 e. The van der Waals surface area contributed by atoms with Crippen LogP contribution in [0, 0.1) is 6.92 Å². The van der Waals surface area contributed by atoms with E-state index in [0.29, 0.717) is 39.5 Å². The molecule has 0 bridgehead atoms. The molecule has 1 aromatic heterocycles. The van der Waals surface area contributed by atoms with Crippen LogP contribution in [0.2, 0.25) is 5.02 Å². The fourth-order valence-corrected chi connectivity index (χ4v) is 2.78. The Balaban J connectivity index is 1.60. The molecule has 0 saturated carbocycles. The molecule has 1 heterocycles. The van der Waals surface area contributed by atoms with Crippen LogP contribution in [0.1, 0.15) is 11.5 Å². The molecular formula is C21H22ClN3O5. The highest BCUT2D eigenvalue weighted by atomic mass is 35.5. The van der Waals surface area contributed by atoms with E-state index in [1.165, 1.54) is 4.90 Å². The molecule has 0 fully saturated rings. The van der Waals surface area contributed by atoms with Gasteiger partial charge in [-0.3, -0.25) is 4.79 Å². The molecular weight excluding hydrogens is 410 g/mol. The summed E-state index contributed by atoms with van der Waals surface area (Å²) in [5.74, 6) is 2.20. The van der Waals surface area contributed by atoms with E-state index in [9.17, 15) is 4.79 Å². The molecule has 0 aliphatic heterocycles. The Morgan fingerprint density at radius 2 is 1.90 bits per heavy atom. The molecule has 3 aromatic rings. The molecule has 30 heavy (non-hydrogen) atoms. The maximum absolute atomic E-state index is 12.4. The van der Waals surface area contributed by atoms with E-state index in [1.54, 1.807) is 57.7 Å². The molecule has 0 N–H and O–H groups in total. The Labute approximate surface area is 179 Å². The highest BCUT2D eigenvalue weighted by Crippen LogP contribution is 2.31. The number of carbonyl (C=O) groups is 1. The zero-order chi connectivity index (χ0) is 21.7. The van der Waals surface area contributed by atoms with Crippen LogP contribution in [0.4, 0.5) is 0 Å². The average molecular weight is 432 g/mol. The summed E-state index contributed by atoms with van der Waals surface area (Å²) < 4.78 is 21.3. The van der Waals surface area contributed by atoms with Crippen LogP contribution in [0.5, 0.6) is 17.2 Å². The molecule has 0 aliphatic carbocycles. The zero-order valence-corrected chi connectivity index (χ0v) is 17.9. The van der Waals surface area contributed by atoms with Gasteiger partial charge in [-0.15, -0.1) is 0 Å². The highest BCUT2D eigenvalue weighted by molar-refractivity contribution is 6.31. The topological polar surface area (TPSA) is 86.9 Å². The van der Waals surface area contributed by atoms with E-state index >= 15 is 0 Å². The number of aryl methyl sites for hydroxylation is 1. The molecule has 0 atom stereocenters. The molecule has 0 aliphatic rings. The summed E-state index contributed by atoms with van der Waals surface area (Å²) in [6, 6.07) is 10.5. The summed E-state index contributed by atoms with van der Waals surface area (Å²) in [7, 11) is 4.75. The van der Waals surface area contributed by atoms with Gasteiger partial charge < -0.3 is 23.6 Å². The standard InChI is InChI=1S/C21H22ClN3O5/c1-13-9-15(6-7-16(13)22)29-12-20(26)25(2)11-19-23-21(24-30-19)14-5-8-17(27-3)18(10-14)28-4/h5-10H,11-12H2,1-4H3. The van der Waals surface area contributed by atoms with Crippen molar-refractivity contribution in [2.24, 2.45) is 0 Å². The Kier molecular flexibility index (Phi) is 6.79. The number of methoxy groups -OCH3 is 2. The minimum atomic E-state index is -0.228. The first kappa shape index (κ1) is 21.4. The van der Waals surface area contributed by atoms with Crippen molar-refractivity contribution in [3.63, 3.8) is 0 Å². The molecule has 3 rings (SSSR count). The van der Waals surface area contributed by atoms with Gasteiger partial charge in [0.25, 0.3) is 5.91 Å². The second kappa shape index (κ2) is 9.49. The monoisotopic (exact) mass is 431 g/mol. The SMILES string of the molecule is COc1ccc(-c2noc(CN(C)C(=O)COc3ccc(Cl)c(C)c3)n2)cc1OC. The lowest BCUT2D eigenvalue weighted by Crippen LogP contribution is -2.31. The largest absolute Gasteiger partial charge is 0.493 e. The Morgan fingerprint density at radius 1 is 1.13 bits per heavy atom. The van der Waals surface area contributed by atoms with Crippen LogP contribution in [0.15, 0.2) is 40.9 Å². The number of hydrogen-bond donors (Lipinski definition) is 0. The lowest BCUT2D eigenvalue weighted by molar-refractivity contribution is -0.132. The number of nitrogens with zero attached hydrogens (tertiary/aromatic N) is 3. The van der Waals surface area contributed by atoms with Crippen molar-refractivity contribution < 1.29 is 23.5 Å². The quantitative estimate of drug-likeness (QED) is 0.536. The number of hydrogen-bond acceptors (Lipinski definition) is 7. The van der Waals surface area contributed by atoms with Gasteiger partial charge >= 0.3 is 0 Å². The molecule has 0 spiro atoms. The van der Waals surface area contributed by atoms with Gasteiger partial charge in [-0.1, -0.05) is 16.8 Å². The Bertz CT molecular complexity index is 1040. The molecule has 9 heteroatoms. The molecule has 2 aromatic carbocycles. The van der Waals surface area contributed by atoms with Gasteiger partial charge in [0.2, 0.25) is 11.7 Å². The van der Waals surface area contributed by atoms with Crippen molar-refractivity contribution in [2.45, 2.75) is 13.5 Å². The minimum Gasteiger partial charge on any atom is -0.493 e. The second-order valence-corrected chi connectivity index (χ2v) is 6.94. The van der Waals surface area contributed by atoms with Crippen LogP contribution in [0.25, 0.3) is 11.4 Å². The number of rotatable bonds is 8. The van der Waals surface area contributed by atoms with Crippen molar-refractivity contribution >= 4 is 17.5 Å². The maximum Gasteiger partial charge on any atom is 0.260 e. The molecule has 158 valence electrons. The Morgan fingerprint density at radius 3 is 2.60 bits per heavy atom. The van der Waals surface area contributed by atoms with Crippen LogP contribution < -0.4 is 14.2 Å². The number of amides is 1. The lowest BCUT2D eigenvalue weighted by atomic mass is 10.2. The number of likely N-dealkylation sites (N-methyl/N-ethyl adjacent to an activating group) is 1. The summed E-state index contributed by atoms with van der Waals surface area (Å²) >= 11 is 6.00. The van der Waals surface area contributed by atoms with Crippen LogP contribution >= 0.6 is 11.6 Å². The van der Waals surface area contributed by atoms with E-state index in [4.69, 9.17) is 30.3 Å². The van der Waals surface area contributed by atoms with Gasteiger partial charge in [-0.25, -0.2) is 0 Å². The maximum atomic E-state index is 12.4. The summed E-state index contributed by atoms with van der Waals surface area (Å²) in [6.07, 6.45) is 0. The van der Waals surface area contributed by atoms with E-state index in [-0.39, 0.29) is 19.1 Å². The van der Waals surface area contributed by atoms with Crippen LogP contribution in [-0.2, 0) is 11.3 Å². The third-order valence-electron chi connectivity index (χ3n) is 4.40. The minimum absolute atomic E-state index is 0.117. The van der Waals surface area contributed by atoms with E-state index in [2.05, 4.69) is 10.1 Å². The molecule has 0 radical (unpaired) electrons. The van der Waals surface area contributed by atoms with Gasteiger partial charge in [0, 0.05) is 17.6 Å². The fraction of sp³-hybridized carbons (Fsp3) is 0.286. The highest BCUT2D eigenvalue weighted by Gasteiger charge is 2.16. The lowest BCUT2D eigenvalue weighted by Gasteiger charge is -2.15. The van der Waals surface area contributed by atoms with Gasteiger partial charge in [-0.05, 0) is 48.9 Å². The molecule has 0 unspecified atom stereocenters. The molecule has 0 saturated heterocycles. The third-order valence-corrected chi connectivity index (χ3v) is 4.82. The Hall–Kier alpha value is -3.26. The average Bonchev–Trinajstić information content (AvgIpc) is 3.22. The number of halogens is 1. The van der Waals surface area contributed by atoms with E-state index in [0.717, 1.165) is 5.56 Å². The van der Waals surface area contributed by atoms with Gasteiger partial charge in [0.15, 0.2) is 18.1 Å². The van der Waals surface area contributed by atoms with E-state index in [1.807, 2.05) is 6.92 Å².